The van der Waals surface area contributed by atoms with Crippen LogP contribution in [0.5, 0.6) is 0 Å². The Bertz CT molecular complexity index is 1530. The van der Waals surface area contributed by atoms with E-state index in [1.54, 1.807) is 18.5 Å². The van der Waals surface area contributed by atoms with Gasteiger partial charge in [-0.25, -0.2) is 23.4 Å². The summed E-state index contributed by atoms with van der Waals surface area (Å²) in [5.74, 6) is 8.74. The molecule has 11 heteroatoms. The van der Waals surface area contributed by atoms with Crippen LogP contribution >= 0.6 is 0 Å². The largest absolute Gasteiger partial charge is 0.393 e. The third-order valence-corrected chi connectivity index (χ3v) is 9.77. The lowest BCUT2D eigenvalue weighted by atomic mass is 9.87. The number of nitrogens with one attached hydrogen (secondary N) is 2. The number of pyridine rings is 1. The van der Waals surface area contributed by atoms with Gasteiger partial charge in [0.15, 0.2) is 5.82 Å². The van der Waals surface area contributed by atoms with Crippen molar-refractivity contribution in [3.8, 4) is 23.2 Å². The number of aliphatic hydroxyl groups excluding tert-OH is 1. The Balaban J connectivity index is 1.20. The molecule has 0 amide bonds. The van der Waals surface area contributed by atoms with Crippen LogP contribution in [-0.2, 0) is 10.0 Å². The number of hydrogen-bond donors (Lipinski definition) is 3. The van der Waals surface area contributed by atoms with E-state index in [0.717, 1.165) is 60.4 Å². The molecule has 3 aromatic heterocycles. The zero-order chi connectivity index (χ0) is 27.0. The van der Waals surface area contributed by atoms with Gasteiger partial charge in [0.25, 0.3) is 10.0 Å². The molecule has 0 aromatic carbocycles. The second kappa shape index (κ2) is 10.2. The number of nitrogens with zero attached hydrogens (tertiary/aromatic N) is 5. The molecule has 0 spiro atoms. The van der Waals surface area contributed by atoms with Crippen LogP contribution in [0.3, 0.4) is 0 Å². The predicted octanol–water partition coefficient (Wildman–Crippen LogP) is 3.93. The summed E-state index contributed by atoms with van der Waals surface area (Å²) in [5.41, 5.74) is 2.40. The van der Waals surface area contributed by atoms with Gasteiger partial charge in [0.2, 0.25) is 0 Å². The van der Waals surface area contributed by atoms with Gasteiger partial charge in [-0.05, 0) is 70.3 Å². The molecule has 3 N–H and O–H groups in total. The predicted molar refractivity (Wildman–Crippen MR) is 149 cm³/mol. The molecule has 10 nitrogen and oxygen atoms in total. The summed E-state index contributed by atoms with van der Waals surface area (Å²) in [7, 11) is -3.45. The van der Waals surface area contributed by atoms with Crippen molar-refractivity contribution in [1.29, 1.82) is 0 Å². The minimum atomic E-state index is -3.45. The Morgan fingerprint density at radius 1 is 1.10 bits per heavy atom. The quantitative estimate of drug-likeness (QED) is 0.359. The number of aliphatic hydroxyl groups is 1. The first-order valence-corrected chi connectivity index (χ1v) is 15.1. The van der Waals surface area contributed by atoms with E-state index in [4.69, 9.17) is 0 Å². The van der Waals surface area contributed by atoms with E-state index in [-0.39, 0.29) is 16.8 Å². The zero-order valence-electron chi connectivity index (χ0n) is 22.0. The van der Waals surface area contributed by atoms with E-state index in [9.17, 15) is 13.5 Å². The highest BCUT2D eigenvalue weighted by Gasteiger charge is 2.38. The summed E-state index contributed by atoms with van der Waals surface area (Å²) < 4.78 is 26.0. The van der Waals surface area contributed by atoms with Gasteiger partial charge in [-0.3, -0.25) is 0 Å². The fourth-order valence-electron chi connectivity index (χ4n) is 4.68. The smallest absolute Gasteiger partial charge is 0.256 e. The van der Waals surface area contributed by atoms with Gasteiger partial charge >= 0.3 is 0 Å². The van der Waals surface area contributed by atoms with Crippen LogP contribution < -0.4 is 10.6 Å². The average molecular weight is 548 g/mol. The van der Waals surface area contributed by atoms with Gasteiger partial charge in [-0.15, -0.1) is 0 Å². The molecule has 0 aliphatic heterocycles. The Labute approximate surface area is 228 Å². The third-order valence-electron chi connectivity index (χ3n) is 7.74. The van der Waals surface area contributed by atoms with Crippen LogP contribution in [0.1, 0.15) is 63.9 Å². The maximum Gasteiger partial charge on any atom is 0.256 e. The van der Waals surface area contributed by atoms with E-state index >= 15 is 0 Å². The molecule has 3 saturated carbocycles. The molecular weight excluding hydrogens is 514 g/mol. The van der Waals surface area contributed by atoms with Crippen molar-refractivity contribution in [3.05, 3.63) is 42.5 Å². The third kappa shape index (κ3) is 6.07. The van der Waals surface area contributed by atoms with Gasteiger partial charge < -0.3 is 15.7 Å². The second-order valence-electron chi connectivity index (χ2n) is 11.2. The van der Waals surface area contributed by atoms with Crippen LogP contribution in [0.25, 0.3) is 11.4 Å². The standard InChI is InChI=1S/C28H33N7O3S/c1-28(11-12-28)10-8-20-16-31-26(14-24(20)30-15-19-2-4-22(36)5-3-19)33-25-9-13-29-27(34-25)21-17-32-35(18-21)39(37,38)23-6-7-23/h9,13-14,16-19,22-23,36H,2-7,11-12,15H2,1H3,(H2,29,30,31,33,34). The molecule has 3 aromatic rings. The highest BCUT2D eigenvalue weighted by atomic mass is 32.2. The minimum absolute atomic E-state index is 0.108. The first-order chi connectivity index (χ1) is 18.8. The van der Waals surface area contributed by atoms with Crippen molar-refractivity contribution >= 4 is 27.3 Å². The molecular formula is C28H33N7O3S. The summed E-state index contributed by atoms with van der Waals surface area (Å²) in [4.78, 5) is 13.5. The van der Waals surface area contributed by atoms with E-state index in [1.165, 1.54) is 12.4 Å². The Hall–Kier alpha value is -3.49. The maximum absolute atomic E-state index is 12.5. The van der Waals surface area contributed by atoms with E-state index in [0.29, 0.717) is 41.8 Å². The van der Waals surface area contributed by atoms with Crippen molar-refractivity contribution in [3.63, 3.8) is 0 Å². The molecule has 204 valence electrons. The SMILES string of the molecule is CC1(C#Cc2cnc(Nc3ccnc(-c4cnn(S(=O)(=O)C5CC5)c4)n3)cc2NCC2CCC(O)CC2)CC1. The summed E-state index contributed by atoms with van der Waals surface area (Å²) in [6.45, 7) is 3.00. The lowest BCUT2D eigenvalue weighted by Crippen LogP contribution is -2.23. The topological polar surface area (TPSA) is 135 Å². The summed E-state index contributed by atoms with van der Waals surface area (Å²) >= 11 is 0. The molecule has 0 radical (unpaired) electrons. The van der Waals surface area contributed by atoms with E-state index < -0.39 is 10.0 Å². The zero-order valence-corrected chi connectivity index (χ0v) is 22.8. The molecule has 3 aliphatic carbocycles. The monoisotopic (exact) mass is 547 g/mol. The first-order valence-electron chi connectivity index (χ1n) is 13.6. The highest BCUT2D eigenvalue weighted by molar-refractivity contribution is 7.90. The average Bonchev–Trinajstić information content (AvgIpc) is 3.86. The Kier molecular flexibility index (Phi) is 6.77. The lowest BCUT2D eigenvalue weighted by Gasteiger charge is -2.26. The van der Waals surface area contributed by atoms with Gasteiger partial charge in [-0.1, -0.05) is 11.8 Å². The molecule has 6 rings (SSSR count). The number of aromatic nitrogens is 5. The van der Waals surface area contributed by atoms with Crippen LogP contribution in [0.2, 0.25) is 0 Å². The fourth-order valence-corrected chi connectivity index (χ4v) is 6.16. The molecule has 3 heterocycles. The second-order valence-corrected chi connectivity index (χ2v) is 13.3. The van der Waals surface area contributed by atoms with E-state index in [1.807, 2.05) is 6.07 Å². The molecule has 0 atom stereocenters. The Morgan fingerprint density at radius 3 is 2.64 bits per heavy atom. The summed E-state index contributed by atoms with van der Waals surface area (Å²) in [6.07, 6.45) is 13.5. The molecule has 0 bridgehead atoms. The highest BCUT2D eigenvalue weighted by Crippen LogP contribution is 2.44. The summed E-state index contributed by atoms with van der Waals surface area (Å²) in [6, 6.07) is 3.68. The van der Waals surface area contributed by atoms with Crippen molar-refractivity contribution < 1.29 is 13.5 Å². The Morgan fingerprint density at radius 2 is 1.90 bits per heavy atom. The van der Waals surface area contributed by atoms with Gasteiger partial charge in [0, 0.05) is 30.4 Å². The minimum Gasteiger partial charge on any atom is -0.393 e. The maximum atomic E-state index is 12.5. The summed E-state index contributed by atoms with van der Waals surface area (Å²) in [5, 5.41) is 20.4. The molecule has 3 fully saturated rings. The van der Waals surface area contributed by atoms with E-state index in [2.05, 4.69) is 49.4 Å². The molecule has 0 unspecified atom stereocenters. The number of rotatable bonds is 8. The number of hydrogen-bond acceptors (Lipinski definition) is 9. The number of anilines is 3. The van der Waals surface area contributed by atoms with Gasteiger partial charge in [-0.2, -0.15) is 9.19 Å². The fraction of sp³-hybridized carbons (Fsp3) is 0.500. The van der Waals surface area contributed by atoms with Gasteiger partial charge in [0.1, 0.15) is 11.6 Å². The van der Waals surface area contributed by atoms with Crippen molar-refractivity contribution in [1.82, 2.24) is 24.1 Å². The van der Waals surface area contributed by atoms with Crippen molar-refractivity contribution in [2.75, 3.05) is 17.2 Å². The lowest BCUT2D eigenvalue weighted by molar-refractivity contribution is 0.111. The first kappa shape index (κ1) is 25.8. The van der Waals surface area contributed by atoms with Crippen molar-refractivity contribution in [2.45, 2.75) is 69.6 Å². The van der Waals surface area contributed by atoms with Gasteiger partial charge in [0.05, 0.1) is 40.6 Å². The van der Waals surface area contributed by atoms with Crippen LogP contribution in [0.15, 0.2) is 36.9 Å². The van der Waals surface area contributed by atoms with Crippen LogP contribution in [0.4, 0.5) is 17.3 Å². The van der Waals surface area contributed by atoms with Crippen molar-refractivity contribution in [2.24, 2.45) is 11.3 Å². The molecule has 3 aliphatic rings. The van der Waals surface area contributed by atoms with Crippen LogP contribution in [0, 0.1) is 23.2 Å². The van der Waals surface area contributed by atoms with Crippen LogP contribution in [-0.4, -0.2) is 55.6 Å². The normalized spacial score (nSPS) is 22.0. The molecule has 39 heavy (non-hydrogen) atoms. The molecule has 0 saturated heterocycles.